The number of alkyl halides is 3. The molecule has 10 nitrogen and oxygen atoms in total. The fraction of sp³-hybridized carbons (Fsp3) is 0.529. The monoisotopic (exact) mass is 425 g/mol. The van der Waals surface area contributed by atoms with E-state index in [2.05, 4.69) is 27.0 Å². The fourth-order valence-electron chi connectivity index (χ4n) is 3.25. The maximum Gasteiger partial charge on any atom is 0.493 e. The first-order valence-corrected chi connectivity index (χ1v) is 8.91. The SMILES string of the molecule is CC#CCN1c2c(nc(C#N)n(C)c2=O)N(OC(=O)C(F)(F)F)C1N1CCNCC1. The van der Waals surface area contributed by atoms with Crippen LogP contribution in [0.25, 0.3) is 0 Å². The summed E-state index contributed by atoms with van der Waals surface area (Å²) in [5.41, 5.74) is -0.766. The molecule has 1 aromatic heterocycles. The molecule has 0 saturated carbocycles. The molecule has 3 rings (SSSR count). The molecule has 2 aliphatic heterocycles. The Kier molecular flexibility index (Phi) is 5.87. The topological polar surface area (TPSA) is 107 Å². The van der Waals surface area contributed by atoms with Crippen molar-refractivity contribution in [2.24, 2.45) is 7.05 Å². The zero-order chi connectivity index (χ0) is 22.1. The van der Waals surface area contributed by atoms with Crippen molar-refractivity contribution in [2.75, 3.05) is 42.7 Å². The number of nitrogens with zero attached hydrogens (tertiary/aromatic N) is 6. The van der Waals surface area contributed by atoms with E-state index in [9.17, 15) is 28.0 Å². The normalized spacial score (nSPS) is 19.0. The molecule has 3 heterocycles. The van der Waals surface area contributed by atoms with Gasteiger partial charge in [0.2, 0.25) is 5.82 Å². The van der Waals surface area contributed by atoms with Gasteiger partial charge in [-0.2, -0.15) is 23.4 Å². The molecule has 2 aliphatic rings. The summed E-state index contributed by atoms with van der Waals surface area (Å²) in [6, 6.07) is 1.71. The summed E-state index contributed by atoms with van der Waals surface area (Å²) in [6.45, 7) is 3.43. The third-order valence-corrected chi connectivity index (χ3v) is 4.65. The first-order valence-electron chi connectivity index (χ1n) is 8.91. The molecule has 1 fully saturated rings. The van der Waals surface area contributed by atoms with Crippen LogP contribution < -0.4 is 20.8 Å². The Bertz CT molecular complexity index is 999. The van der Waals surface area contributed by atoms with Gasteiger partial charge < -0.3 is 15.1 Å². The number of hydrogen-bond acceptors (Lipinski definition) is 9. The molecule has 1 N–H and O–H groups in total. The number of hydrogen-bond donors (Lipinski definition) is 1. The molecule has 1 saturated heterocycles. The highest BCUT2D eigenvalue weighted by molar-refractivity contribution is 5.80. The minimum absolute atomic E-state index is 0.0268. The van der Waals surface area contributed by atoms with Gasteiger partial charge >= 0.3 is 12.1 Å². The van der Waals surface area contributed by atoms with E-state index in [1.807, 2.05) is 0 Å². The van der Waals surface area contributed by atoms with Crippen molar-refractivity contribution >= 4 is 17.5 Å². The second-order valence-corrected chi connectivity index (χ2v) is 6.47. The smallest absolute Gasteiger partial charge is 0.327 e. The number of aromatic nitrogens is 2. The van der Waals surface area contributed by atoms with Gasteiger partial charge in [-0.15, -0.1) is 11.0 Å². The van der Waals surface area contributed by atoms with E-state index in [1.165, 1.54) is 11.9 Å². The van der Waals surface area contributed by atoms with Crippen LogP contribution in [0.3, 0.4) is 0 Å². The third-order valence-electron chi connectivity index (χ3n) is 4.65. The summed E-state index contributed by atoms with van der Waals surface area (Å²) in [5, 5.41) is 13.0. The zero-order valence-electron chi connectivity index (χ0n) is 16.2. The first kappa shape index (κ1) is 21.4. The van der Waals surface area contributed by atoms with Crippen LogP contribution in [0.4, 0.5) is 24.7 Å². The highest BCUT2D eigenvalue weighted by Gasteiger charge is 2.50. The number of carbonyl (C=O) groups excluding carboxylic acids is 1. The van der Waals surface area contributed by atoms with E-state index < -0.39 is 24.0 Å². The summed E-state index contributed by atoms with van der Waals surface area (Å²) in [5.74, 6) is 2.32. The van der Waals surface area contributed by atoms with Gasteiger partial charge in [0.05, 0.1) is 6.54 Å². The quantitative estimate of drug-likeness (QED) is 0.642. The van der Waals surface area contributed by atoms with Crippen LogP contribution in [-0.4, -0.2) is 65.6 Å². The predicted octanol–water partition coefficient (Wildman–Crippen LogP) is -0.489. The second-order valence-electron chi connectivity index (χ2n) is 6.47. The Hall–Kier alpha value is -3.29. The lowest BCUT2D eigenvalue weighted by molar-refractivity contribution is -0.203. The van der Waals surface area contributed by atoms with Crippen molar-refractivity contribution in [1.29, 1.82) is 5.26 Å². The van der Waals surface area contributed by atoms with Crippen LogP contribution in [0, 0.1) is 23.2 Å². The number of fused-ring (bicyclic) bond motifs is 1. The molecule has 160 valence electrons. The Labute approximate surface area is 169 Å². The average Bonchev–Trinajstić information content (AvgIpc) is 3.02. The maximum absolute atomic E-state index is 12.9. The second kappa shape index (κ2) is 8.22. The summed E-state index contributed by atoms with van der Waals surface area (Å²) < 4.78 is 39.8. The van der Waals surface area contributed by atoms with Crippen LogP contribution >= 0.6 is 0 Å². The lowest BCUT2D eigenvalue weighted by atomic mass is 10.3. The van der Waals surface area contributed by atoms with Crippen LogP contribution in [0.2, 0.25) is 0 Å². The zero-order valence-corrected chi connectivity index (χ0v) is 16.2. The Morgan fingerprint density at radius 1 is 1.37 bits per heavy atom. The van der Waals surface area contributed by atoms with Gasteiger partial charge in [-0.1, -0.05) is 5.92 Å². The molecular formula is C17H18F3N7O3. The molecule has 0 aromatic carbocycles. The minimum atomic E-state index is -5.26. The van der Waals surface area contributed by atoms with E-state index >= 15 is 0 Å². The van der Waals surface area contributed by atoms with Crippen LogP contribution in [0.15, 0.2) is 4.79 Å². The van der Waals surface area contributed by atoms with Crippen molar-refractivity contribution < 1.29 is 22.8 Å². The minimum Gasteiger partial charge on any atom is -0.327 e. The van der Waals surface area contributed by atoms with Gasteiger partial charge in [-0.3, -0.25) is 14.3 Å². The average molecular weight is 425 g/mol. The number of piperazine rings is 1. The third kappa shape index (κ3) is 3.77. The predicted molar refractivity (Wildman–Crippen MR) is 97.8 cm³/mol. The van der Waals surface area contributed by atoms with Crippen LogP contribution in [-0.2, 0) is 16.7 Å². The maximum atomic E-state index is 12.9. The number of anilines is 2. The van der Waals surface area contributed by atoms with Gasteiger partial charge in [0, 0.05) is 33.2 Å². The molecule has 1 atom stereocenters. The largest absolute Gasteiger partial charge is 0.493 e. The van der Waals surface area contributed by atoms with Crippen molar-refractivity contribution in [2.45, 2.75) is 19.4 Å². The Morgan fingerprint density at radius 2 is 2.03 bits per heavy atom. The van der Waals surface area contributed by atoms with Crippen LogP contribution in [0.1, 0.15) is 12.7 Å². The lowest BCUT2D eigenvalue weighted by Crippen LogP contribution is -2.61. The summed E-state index contributed by atoms with van der Waals surface area (Å²) in [6.07, 6.45) is -6.34. The number of rotatable bonds is 3. The molecule has 30 heavy (non-hydrogen) atoms. The van der Waals surface area contributed by atoms with Crippen molar-refractivity contribution in [3.05, 3.63) is 16.2 Å². The van der Waals surface area contributed by atoms with E-state index in [1.54, 1.807) is 17.9 Å². The molecule has 1 aromatic rings. The fourth-order valence-corrected chi connectivity index (χ4v) is 3.25. The Morgan fingerprint density at radius 3 is 2.60 bits per heavy atom. The van der Waals surface area contributed by atoms with Gasteiger partial charge in [-0.05, 0) is 6.92 Å². The number of halogens is 3. The summed E-state index contributed by atoms with van der Waals surface area (Å²) in [4.78, 5) is 36.4. The first-order chi connectivity index (χ1) is 14.2. The molecule has 0 radical (unpaired) electrons. The van der Waals surface area contributed by atoms with E-state index in [0.29, 0.717) is 31.2 Å². The van der Waals surface area contributed by atoms with E-state index in [0.717, 1.165) is 4.57 Å². The molecule has 13 heteroatoms. The molecular weight excluding hydrogens is 407 g/mol. The highest BCUT2D eigenvalue weighted by atomic mass is 19.4. The van der Waals surface area contributed by atoms with Crippen molar-refractivity contribution in [3.63, 3.8) is 0 Å². The molecule has 0 aliphatic carbocycles. The van der Waals surface area contributed by atoms with Gasteiger partial charge in [0.15, 0.2) is 17.8 Å². The standard InChI is InChI=1S/C17H18F3N7O3/c1-3-4-7-26-12-13(23-11(10-21)24(2)14(12)28)27(30-15(29)17(18,19)20)16(26)25-8-5-22-6-9-25/h16,22H,5-9H2,1-2H3. The van der Waals surface area contributed by atoms with Crippen molar-refractivity contribution in [3.8, 4) is 17.9 Å². The summed E-state index contributed by atoms with van der Waals surface area (Å²) in [7, 11) is 1.32. The molecule has 0 bridgehead atoms. The summed E-state index contributed by atoms with van der Waals surface area (Å²) >= 11 is 0. The number of nitrogens with one attached hydrogen (secondary N) is 1. The number of nitriles is 1. The highest BCUT2D eigenvalue weighted by Crippen LogP contribution is 2.38. The van der Waals surface area contributed by atoms with Gasteiger partial charge in [0.25, 0.3) is 5.56 Å². The van der Waals surface area contributed by atoms with Gasteiger partial charge in [0.1, 0.15) is 6.07 Å². The number of carbonyl (C=O) groups is 1. The lowest BCUT2D eigenvalue weighted by Gasteiger charge is -2.40. The van der Waals surface area contributed by atoms with E-state index in [4.69, 9.17) is 0 Å². The molecule has 0 spiro atoms. The van der Waals surface area contributed by atoms with E-state index in [-0.39, 0.29) is 23.9 Å². The van der Waals surface area contributed by atoms with Gasteiger partial charge in [-0.25, -0.2) is 4.79 Å². The van der Waals surface area contributed by atoms with Crippen LogP contribution in [0.5, 0.6) is 0 Å². The number of hydroxylamine groups is 1. The molecule has 1 unspecified atom stereocenters. The van der Waals surface area contributed by atoms with Crippen molar-refractivity contribution in [1.82, 2.24) is 19.8 Å². The Balaban J connectivity index is 2.18. The molecule has 0 amide bonds.